The van der Waals surface area contributed by atoms with Gasteiger partial charge in [0, 0.05) is 31.7 Å². The summed E-state index contributed by atoms with van der Waals surface area (Å²) in [5.41, 5.74) is 1.06. The maximum Gasteiger partial charge on any atom is 0.339 e. The van der Waals surface area contributed by atoms with Gasteiger partial charge in [-0.1, -0.05) is 30.3 Å². The van der Waals surface area contributed by atoms with E-state index in [2.05, 4.69) is 0 Å². The van der Waals surface area contributed by atoms with E-state index < -0.39 is 5.97 Å². The van der Waals surface area contributed by atoms with Gasteiger partial charge in [-0.15, -0.1) is 11.8 Å². The number of nitrogens with zero attached hydrogens (tertiary/aromatic N) is 2. The van der Waals surface area contributed by atoms with E-state index >= 15 is 0 Å². The number of ether oxygens (including phenoxy) is 1. The molecule has 0 atom stereocenters. The second kappa shape index (κ2) is 9.78. The van der Waals surface area contributed by atoms with Crippen LogP contribution in [-0.2, 0) is 14.3 Å². The van der Waals surface area contributed by atoms with Gasteiger partial charge >= 0.3 is 5.97 Å². The maximum atomic E-state index is 12.4. The molecule has 2 amide bonds. The van der Waals surface area contributed by atoms with Crippen molar-refractivity contribution in [2.75, 3.05) is 38.4 Å². The first-order valence-corrected chi connectivity index (χ1v) is 9.29. The molecule has 0 aromatic heterocycles. The van der Waals surface area contributed by atoms with Gasteiger partial charge in [-0.2, -0.15) is 0 Å². The first-order chi connectivity index (χ1) is 12.9. The Morgan fingerprint density at radius 3 is 2.19 bits per heavy atom. The monoisotopic (exact) mass is 386 g/mol. The largest absolute Gasteiger partial charge is 0.452 e. The molecule has 0 N–H and O–H groups in total. The molecule has 0 bridgehead atoms. The minimum atomic E-state index is -0.592. The molecule has 7 heteroatoms. The van der Waals surface area contributed by atoms with E-state index in [1.54, 1.807) is 57.5 Å². The van der Waals surface area contributed by atoms with Gasteiger partial charge < -0.3 is 14.5 Å². The zero-order valence-corrected chi connectivity index (χ0v) is 16.4. The van der Waals surface area contributed by atoms with E-state index in [4.69, 9.17) is 4.74 Å². The van der Waals surface area contributed by atoms with Crippen LogP contribution in [0.3, 0.4) is 0 Å². The fraction of sp³-hybridized carbons (Fsp3) is 0.250. The molecule has 0 heterocycles. The van der Waals surface area contributed by atoms with Crippen molar-refractivity contribution in [3.05, 3.63) is 60.2 Å². The zero-order chi connectivity index (χ0) is 19.8. The predicted octanol–water partition coefficient (Wildman–Crippen LogP) is 2.69. The topological polar surface area (TPSA) is 66.9 Å². The molecule has 0 saturated carbocycles. The summed E-state index contributed by atoms with van der Waals surface area (Å²) >= 11 is 1.26. The fourth-order valence-corrected chi connectivity index (χ4v) is 3.15. The van der Waals surface area contributed by atoms with Gasteiger partial charge in [-0.05, 0) is 24.3 Å². The van der Waals surface area contributed by atoms with E-state index in [1.165, 1.54) is 21.6 Å². The van der Waals surface area contributed by atoms with Crippen molar-refractivity contribution in [1.82, 2.24) is 4.90 Å². The molecule has 0 aliphatic heterocycles. The predicted molar refractivity (Wildman–Crippen MR) is 106 cm³/mol. The van der Waals surface area contributed by atoms with Crippen LogP contribution in [0, 0.1) is 0 Å². The molecule has 27 heavy (non-hydrogen) atoms. The van der Waals surface area contributed by atoms with Gasteiger partial charge in [0.25, 0.3) is 5.91 Å². The number of thioether (sulfide) groups is 1. The number of carbonyl (C=O) groups excluding carboxylic acids is 3. The Labute approximate surface area is 163 Å². The highest BCUT2D eigenvalue weighted by molar-refractivity contribution is 8.00. The lowest BCUT2D eigenvalue weighted by atomic mass is 10.2. The Hall–Kier alpha value is -2.80. The van der Waals surface area contributed by atoms with Crippen LogP contribution in [-0.4, -0.2) is 56.2 Å². The lowest BCUT2D eigenvalue weighted by molar-refractivity contribution is -0.125. The summed E-state index contributed by atoms with van der Waals surface area (Å²) in [5.74, 6) is -0.761. The van der Waals surface area contributed by atoms with Crippen molar-refractivity contribution >= 4 is 35.2 Å². The fourth-order valence-electron chi connectivity index (χ4n) is 2.13. The number of hydrogen-bond donors (Lipinski definition) is 0. The molecule has 0 aliphatic carbocycles. The molecular weight excluding hydrogens is 364 g/mol. The third-order valence-corrected chi connectivity index (χ3v) is 4.86. The summed E-state index contributed by atoms with van der Waals surface area (Å²) in [6, 6.07) is 16.0. The lowest BCUT2D eigenvalue weighted by Gasteiger charge is -2.17. The summed E-state index contributed by atoms with van der Waals surface area (Å²) in [5, 5.41) is 0. The molecular formula is C20H22N2O4S. The Kier molecular flexibility index (Phi) is 7.43. The molecule has 142 valence electrons. The molecule has 6 nitrogen and oxygen atoms in total. The average Bonchev–Trinajstić information content (AvgIpc) is 2.70. The van der Waals surface area contributed by atoms with Crippen molar-refractivity contribution in [2.24, 2.45) is 0 Å². The van der Waals surface area contributed by atoms with Crippen molar-refractivity contribution in [3.63, 3.8) is 0 Å². The molecule has 0 aliphatic rings. The van der Waals surface area contributed by atoms with Gasteiger partial charge in [-0.25, -0.2) is 4.79 Å². The number of hydrogen-bond acceptors (Lipinski definition) is 5. The van der Waals surface area contributed by atoms with E-state index in [1.807, 2.05) is 18.2 Å². The summed E-state index contributed by atoms with van der Waals surface area (Å²) < 4.78 is 5.19. The molecule has 2 rings (SSSR count). The summed E-state index contributed by atoms with van der Waals surface area (Å²) in [6.45, 7) is -0.361. The summed E-state index contributed by atoms with van der Waals surface area (Å²) in [7, 11) is 4.98. The molecule has 2 aromatic carbocycles. The van der Waals surface area contributed by atoms with E-state index in [9.17, 15) is 14.4 Å². The third kappa shape index (κ3) is 5.86. The number of rotatable bonds is 7. The molecule has 2 aromatic rings. The Morgan fingerprint density at radius 2 is 1.52 bits per heavy atom. The van der Waals surface area contributed by atoms with Crippen LogP contribution in [0.1, 0.15) is 10.4 Å². The van der Waals surface area contributed by atoms with Crippen molar-refractivity contribution in [1.29, 1.82) is 0 Å². The van der Waals surface area contributed by atoms with Crippen molar-refractivity contribution in [2.45, 2.75) is 4.90 Å². The van der Waals surface area contributed by atoms with E-state index in [0.717, 1.165) is 5.69 Å². The number of anilines is 1. The number of esters is 1. The Bertz CT molecular complexity index is 809. The quantitative estimate of drug-likeness (QED) is 0.541. The number of likely N-dealkylation sites (N-methyl/N-ethyl adjacent to an activating group) is 1. The molecule has 0 unspecified atom stereocenters. The number of amides is 2. The average molecular weight is 386 g/mol. The van der Waals surface area contributed by atoms with Crippen LogP contribution in [0.4, 0.5) is 5.69 Å². The minimum Gasteiger partial charge on any atom is -0.452 e. The highest BCUT2D eigenvalue weighted by atomic mass is 32.2. The molecule has 0 fully saturated rings. The van der Waals surface area contributed by atoms with Gasteiger partial charge in [0.1, 0.15) is 0 Å². The van der Waals surface area contributed by atoms with E-state index in [0.29, 0.717) is 10.5 Å². The van der Waals surface area contributed by atoms with Crippen LogP contribution in [0.2, 0.25) is 0 Å². The van der Waals surface area contributed by atoms with Gasteiger partial charge in [-0.3, -0.25) is 9.59 Å². The van der Waals surface area contributed by atoms with Crippen LogP contribution >= 0.6 is 11.8 Å². The Balaban J connectivity index is 1.97. The van der Waals surface area contributed by atoms with Crippen molar-refractivity contribution < 1.29 is 19.1 Å². The number of carbonyl (C=O) groups is 3. The number of para-hydroxylation sites is 1. The maximum absolute atomic E-state index is 12.4. The smallest absolute Gasteiger partial charge is 0.339 e. The first-order valence-electron chi connectivity index (χ1n) is 8.31. The highest BCUT2D eigenvalue weighted by Gasteiger charge is 2.18. The normalized spacial score (nSPS) is 10.2. The molecule has 0 saturated heterocycles. The third-order valence-electron chi connectivity index (χ3n) is 3.80. The molecule has 0 radical (unpaired) electrons. The molecule has 0 spiro atoms. The zero-order valence-electron chi connectivity index (χ0n) is 15.5. The second-order valence-corrected chi connectivity index (χ2v) is 6.95. The number of benzene rings is 2. The summed E-state index contributed by atoms with van der Waals surface area (Å²) in [6.07, 6.45) is 0. The van der Waals surface area contributed by atoms with E-state index in [-0.39, 0.29) is 24.2 Å². The highest BCUT2D eigenvalue weighted by Crippen LogP contribution is 2.23. The second-order valence-electron chi connectivity index (χ2n) is 5.94. The van der Waals surface area contributed by atoms with Crippen LogP contribution in [0.15, 0.2) is 59.5 Å². The van der Waals surface area contributed by atoms with Gasteiger partial charge in [0.2, 0.25) is 5.91 Å². The first kappa shape index (κ1) is 20.5. The van der Waals surface area contributed by atoms with Gasteiger partial charge in [0.05, 0.1) is 11.3 Å². The summed E-state index contributed by atoms with van der Waals surface area (Å²) in [4.78, 5) is 40.0. The standard InChI is InChI=1S/C20H22N2O4S/c1-21(2)19(24)14-27-17-12-8-7-11-16(17)20(25)26-13-18(23)22(3)15-9-5-4-6-10-15/h4-12H,13-14H2,1-3H3. The lowest BCUT2D eigenvalue weighted by Crippen LogP contribution is -2.31. The van der Waals surface area contributed by atoms with Crippen LogP contribution in [0.25, 0.3) is 0 Å². The minimum absolute atomic E-state index is 0.0529. The SMILES string of the molecule is CN(C)C(=O)CSc1ccccc1C(=O)OCC(=O)N(C)c1ccccc1. The van der Waals surface area contributed by atoms with Gasteiger partial charge in [0.15, 0.2) is 6.61 Å². The van der Waals surface area contributed by atoms with Crippen LogP contribution in [0.5, 0.6) is 0 Å². The van der Waals surface area contributed by atoms with Crippen molar-refractivity contribution in [3.8, 4) is 0 Å². The van der Waals surface area contributed by atoms with Crippen LogP contribution < -0.4 is 4.90 Å². The Morgan fingerprint density at radius 1 is 0.889 bits per heavy atom.